The van der Waals surface area contributed by atoms with E-state index in [1.54, 1.807) is 0 Å². The van der Waals surface area contributed by atoms with E-state index >= 15 is 0 Å². The van der Waals surface area contributed by atoms with E-state index in [9.17, 15) is 4.79 Å². The van der Waals surface area contributed by atoms with E-state index in [1.165, 1.54) is 18.1 Å². The molecule has 2 rings (SSSR count). The lowest BCUT2D eigenvalue weighted by Crippen LogP contribution is -2.19. The van der Waals surface area contributed by atoms with Crippen molar-refractivity contribution in [1.29, 1.82) is 0 Å². The molecule has 0 saturated carbocycles. The van der Waals surface area contributed by atoms with Crippen molar-refractivity contribution in [1.82, 2.24) is 5.32 Å². The summed E-state index contributed by atoms with van der Waals surface area (Å²) in [5.74, 6) is 0.234. The lowest BCUT2D eigenvalue weighted by Gasteiger charge is -2.12. The molecule has 0 heterocycles. The maximum Gasteiger partial charge on any atom is 0.217 e. The first-order chi connectivity index (χ1) is 11.9. The number of hydrogen-bond acceptors (Lipinski definition) is 1. The van der Waals surface area contributed by atoms with Crippen LogP contribution >= 0.6 is 23.2 Å². The van der Waals surface area contributed by atoms with Crippen molar-refractivity contribution in [3.05, 3.63) is 74.8 Å². The first kappa shape index (κ1) is 19.6. The Morgan fingerprint density at radius 2 is 1.96 bits per heavy atom. The zero-order valence-corrected chi connectivity index (χ0v) is 16.3. The Balaban J connectivity index is 2.16. The van der Waals surface area contributed by atoms with E-state index in [2.05, 4.69) is 37.4 Å². The van der Waals surface area contributed by atoms with Crippen molar-refractivity contribution in [3.63, 3.8) is 0 Å². The predicted molar refractivity (Wildman–Crippen MR) is 107 cm³/mol. The number of carbonyl (C=O) groups excluding carboxylic acids is 1. The third-order valence-corrected chi connectivity index (χ3v) is 4.63. The molecule has 0 spiro atoms. The second-order valence-electron chi connectivity index (χ2n) is 6.20. The fraction of sp³-hybridized carbons (Fsp3) is 0.286. The fourth-order valence-electron chi connectivity index (χ4n) is 2.72. The maximum atomic E-state index is 11.0. The Morgan fingerprint density at radius 3 is 2.56 bits per heavy atom. The summed E-state index contributed by atoms with van der Waals surface area (Å²) >= 11 is 12.5. The van der Waals surface area contributed by atoms with Crippen molar-refractivity contribution in [2.45, 2.75) is 39.7 Å². The van der Waals surface area contributed by atoms with Crippen LogP contribution in [0.2, 0.25) is 10.0 Å². The van der Waals surface area contributed by atoms with Crippen molar-refractivity contribution in [2.75, 3.05) is 0 Å². The Kier molecular flexibility index (Phi) is 7.10. The number of allylic oxidation sites excluding steroid dienone is 1. The first-order valence-electron chi connectivity index (χ1n) is 8.37. The second-order valence-corrected chi connectivity index (χ2v) is 7.04. The van der Waals surface area contributed by atoms with Crippen LogP contribution in [-0.4, -0.2) is 5.91 Å². The lowest BCUT2D eigenvalue weighted by molar-refractivity contribution is -0.119. The molecular weight excluding hydrogens is 353 g/mol. The molecule has 0 aliphatic rings. The van der Waals surface area contributed by atoms with Gasteiger partial charge in [0.1, 0.15) is 0 Å². The molecule has 0 saturated heterocycles. The summed E-state index contributed by atoms with van der Waals surface area (Å²) in [5.41, 5.74) is 4.33. The quantitative estimate of drug-likeness (QED) is 0.644. The van der Waals surface area contributed by atoms with Gasteiger partial charge in [-0.2, -0.15) is 0 Å². The van der Waals surface area contributed by atoms with Gasteiger partial charge in [0.25, 0.3) is 0 Å². The Labute approximate surface area is 159 Å². The molecule has 0 aliphatic carbocycles. The van der Waals surface area contributed by atoms with Gasteiger partial charge in [0, 0.05) is 29.4 Å². The van der Waals surface area contributed by atoms with Gasteiger partial charge < -0.3 is 5.32 Å². The monoisotopic (exact) mass is 375 g/mol. The van der Waals surface area contributed by atoms with Gasteiger partial charge in [-0.25, -0.2) is 0 Å². The Morgan fingerprint density at radius 1 is 1.20 bits per heavy atom. The van der Waals surface area contributed by atoms with Crippen molar-refractivity contribution >= 4 is 35.2 Å². The second kappa shape index (κ2) is 9.07. The molecule has 0 bridgehead atoms. The minimum atomic E-state index is -0.0670. The van der Waals surface area contributed by atoms with Gasteiger partial charge >= 0.3 is 0 Å². The van der Waals surface area contributed by atoms with Crippen molar-refractivity contribution in [3.8, 4) is 0 Å². The molecule has 1 unspecified atom stereocenters. The summed E-state index contributed by atoms with van der Waals surface area (Å²) < 4.78 is 0. The molecule has 0 radical (unpaired) electrons. The third-order valence-electron chi connectivity index (χ3n) is 4.06. The lowest BCUT2D eigenvalue weighted by atomic mass is 9.94. The number of rotatable bonds is 6. The predicted octanol–water partition coefficient (Wildman–Crippen LogP) is 6.14. The van der Waals surface area contributed by atoms with E-state index in [0.717, 1.165) is 22.6 Å². The largest absolute Gasteiger partial charge is 0.352 e. The molecule has 25 heavy (non-hydrogen) atoms. The number of benzene rings is 2. The molecule has 2 aromatic rings. The minimum absolute atomic E-state index is 0.0670. The molecule has 2 nitrogen and oxygen atoms in total. The van der Waals surface area contributed by atoms with Gasteiger partial charge in [0.2, 0.25) is 5.91 Å². The van der Waals surface area contributed by atoms with Crippen LogP contribution in [0, 0.1) is 6.92 Å². The van der Waals surface area contributed by atoms with Gasteiger partial charge in [-0.3, -0.25) is 4.79 Å². The molecule has 132 valence electrons. The van der Waals surface area contributed by atoms with E-state index in [1.807, 2.05) is 30.3 Å². The van der Waals surface area contributed by atoms with E-state index < -0.39 is 0 Å². The van der Waals surface area contributed by atoms with Crippen LogP contribution in [0.15, 0.2) is 42.5 Å². The highest BCUT2D eigenvalue weighted by molar-refractivity contribution is 6.31. The molecular formula is C21H23Cl2NO. The summed E-state index contributed by atoms with van der Waals surface area (Å²) in [5, 5.41) is 4.19. The Hall–Kier alpha value is -1.77. The molecule has 4 heteroatoms. The SMILES string of the molecule is CCC(/C=C/c1ccc(CNC(C)=O)c(Cl)c1)c1cc(C)cc(Cl)c1. The minimum Gasteiger partial charge on any atom is -0.352 e. The van der Waals surface area contributed by atoms with Crippen LogP contribution < -0.4 is 5.32 Å². The van der Waals surface area contributed by atoms with Crippen LogP contribution in [0.3, 0.4) is 0 Å². The maximum absolute atomic E-state index is 11.0. The summed E-state index contributed by atoms with van der Waals surface area (Å²) in [7, 11) is 0. The van der Waals surface area contributed by atoms with E-state index in [0.29, 0.717) is 17.5 Å². The number of halogens is 2. The van der Waals surface area contributed by atoms with Crippen molar-refractivity contribution in [2.24, 2.45) is 0 Å². The van der Waals surface area contributed by atoms with E-state index in [-0.39, 0.29) is 5.91 Å². The summed E-state index contributed by atoms with van der Waals surface area (Å²) in [6.07, 6.45) is 5.26. The molecule has 1 atom stereocenters. The molecule has 2 aromatic carbocycles. The molecule has 1 N–H and O–H groups in total. The van der Waals surface area contributed by atoms with Crippen LogP contribution in [0.25, 0.3) is 6.08 Å². The van der Waals surface area contributed by atoms with Crippen LogP contribution in [-0.2, 0) is 11.3 Å². The average Bonchev–Trinajstić information content (AvgIpc) is 2.53. The topological polar surface area (TPSA) is 29.1 Å². The number of aryl methyl sites for hydroxylation is 1. The number of hydrogen-bond donors (Lipinski definition) is 1. The first-order valence-corrected chi connectivity index (χ1v) is 9.12. The highest BCUT2D eigenvalue weighted by atomic mass is 35.5. The Bertz CT molecular complexity index is 763. The summed E-state index contributed by atoms with van der Waals surface area (Å²) in [6.45, 7) is 6.15. The van der Waals surface area contributed by atoms with Crippen LogP contribution in [0.5, 0.6) is 0 Å². The number of amides is 1. The summed E-state index contributed by atoms with van der Waals surface area (Å²) in [4.78, 5) is 11.0. The molecule has 1 amide bonds. The zero-order chi connectivity index (χ0) is 18.4. The van der Waals surface area contributed by atoms with Gasteiger partial charge in [0.15, 0.2) is 0 Å². The standard InChI is InChI=1S/C21H23Cl2NO/c1-4-17(19-9-14(2)10-20(22)12-19)7-5-16-6-8-18(21(23)11-16)13-24-15(3)25/h5-12,17H,4,13H2,1-3H3,(H,24,25)/b7-5+. The van der Waals surface area contributed by atoms with Gasteiger partial charge in [-0.15, -0.1) is 0 Å². The zero-order valence-electron chi connectivity index (χ0n) is 14.8. The molecule has 0 aliphatic heterocycles. The van der Waals surface area contributed by atoms with E-state index in [4.69, 9.17) is 23.2 Å². The fourth-order valence-corrected chi connectivity index (χ4v) is 3.27. The van der Waals surface area contributed by atoms with Gasteiger partial charge in [-0.1, -0.05) is 60.5 Å². The molecule has 0 fully saturated rings. The van der Waals surface area contributed by atoms with Gasteiger partial charge in [0.05, 0.1) is 0 Å². The highest BCUT2D eigenvalue weighted by Crippen LogP contribution is 2.27. The van der Waals surface area contributed by atoms with Crippen molar-refractivity contribution < 1.29 is 4.79 Å². The third kappa shape index (κ3) is 5.91. The normalized spacial score (nSPS) is 12.4. The molecule has 0 aromatic heterocycles. The highest BCUT2D eigenvalue weighted by Gasteiger charge is 2.08. The smallest absolute Gasteiger partial charge is 0.217 e. The average molecular weight is 376 g/mol. The van der Waals surface area contributed by atoms with Crippen LogP contribution in [0.1, 0.15) is 48.4 Å². The number of nitrogens with one attached hydrogen (secondary N) is 1. The van der Waals surface area contributed by atoms with Crippen LogP contribution in [0.4, 0.5) is 0 Å². The summed E-state index contributed by atoms with van der Waals surface area (Å²) in [6, 6.07) is 12.0. The number of carbonyl (C=O) groups is 1. The van der Waals surface area contributed by atoms with Gasteiger partial charge in [-0.05, 0) is 53.8 Å².